The lowest BCUT2D eigenvalue weighted by molar-refractivity contribution is 0.145. The van der Waals surface area contributed by atoms with E-state index >= 15 is 0 Å². The summed E-state index contributed by atoms with van der Waals surface area (Å²) in [5, 5.41) is 17.7. The maximum atomic E-state index is 8.96. The van der Waals surface area contributed by atoms with Crippen LogP contribution in [0.15, 0.2) is 18.2 Å². The van der Waals surface area contributed by atoms with Gasteiger partial charge in [-0.25, -0.2) is 0 Å². The number of nitriles is 2. The van der Waals surface area contributed by atoms with Crippen LogP contribution >= 0.6 is 0 Å². The van der Waals surface area contributed by atoms with Crippen molar-refractivity contribution in [3.8, 4) is 17.9 Å². The van der Waals surface area contributed by atoms with Crippen LogP contribution in [0.2, 0.25) is 0 Å². The molecule has 20 heavy (non-hydrogen) atoms. The van der Waals surface area contributed by atoms with Crippen molar-refractivity contribution in [1.29, 1.82) is 10.5 Å². The third-order valence-corrected chi connectivity index (χ3v) is 2.94. The van der Waals surface area contributed by atoms with E-state index in [1.165, 1.54) is 0 Å². The van der Waals surface area contributed by atoms with Gasteiger partial charge in [-0.2, -0.15) is 10.5 Å². The zero-order chi connectivity index (χ0) is 14.8. The standard InChI is InChI=1S/C15H19N3O2/c1-19-9-8-18(7-3-6-16)12-13-4-5-14(11-17)15(10-13)20-2/h4-5,10H,3,7-9,12H2,1-2H3. The van der Waals surface area contributed by atoms with Crippen molar-refractivity contribution in [3.63, 3.8) is 0 Å². The van der Waals surface area contributed by atoms with Gasteiger partial charge in [-0.3, -0.25) is 4.90 Å². The van der Waals surface area contributed by atoms with Gasteiger partial charge in [0.15, 0.2) is 0 Å². The maximum Gasteiger partial charge on any atom is 0.136 e. The first-order valence-electron chi connectivity index (χ1n) is 6.40. The average molecular weight is 273 g/mol. The van der Waals surface area contributed by atoms with Gasteiger partial charge in [0.25, 0.3) is 0 Å². The molecule has 0 radical (unpaired) electrons. The molecule has 0 amide bonds. The number of rotatable bonds is 8. The summed E-state index contributed by atoms with van der Waals surface area (Å²) in [6.45, 7) is 2.79. The topological polar surface area (TPSA) is 69.3 Å². The molecule has 0 spiro atoms. The fourth-order valence-corrected chi connectivity index (χ4v) is 1.88. The number of hydrogen-bond donors (Lipinski definition) is 0. The molecule has 0 saturated carbocycles. The first kappa shape index (κ1) is 16.0. The van der Waals surface area contributed by atoms with Gasteiger partial charge in [0, 0.05) is 33.2 Å². The van der Waals surface area contributed by atoms with Crippen molar-refractivity contribution >= 4 is 0 Å². The highest BCUT2D eigenvalue weighted by Gasteiger charge is 2.08. The van der Waals surface area contributed by atoms with Crippen molar-refractivity contribution < 1.29 is 9.47 Å². The average Bonchev–Trinajstić information content (AvgIpc) is 2.49. The molecule has 0 N–H and O–H groups in total. The molecular weight excluding hydrogens is 254 g/mol. The predicted octanol–water partition coefficient (Wildman–Crippen LogP) is 1.93. The SMILES string of the molecule is COCCN(CCC#N)Cc1ccc(C#N)c(OC)c1. The van der Waals surface area contributed by atoms with E-state index in [9.17, 15) is 0 Å². The van der Waals surface area contributed by atoms with E-state index in [4.69, 9.17) is 20.0 Å². The van der Waals surface area contributed by atoms with Gasteiger partial charge < -0.3 is 9.47 Å². The second-order valence-electron chi connectivity index (χ2n) is 4.32. The third kappa shape index (κ3) is 4.89. The summed E-state index contributed by atoms with van der Waals surface area (Å²) in [6, 6.07) is 9.78. The number of hydrogen-bond acceptors (Lipinski definition) is 5. The van der Waals surface area contributed by atoms with Crippen molar-refractivity contribution in [2.75, 3.05) is 33.9 Å². The van der Waals surface area contributed by atoms with Gasteiger partial charge in [-0.1, -0.05) is 6.07 Å². The Morgan fingerprint density at radius 2 is 2.00 bits per heavy atom. The van der Waals surface area contributed by atoms with Crippen LogP contribution in [0.4, 0.5) is 0 Å². The molecule has 0 atom stereocenters. The molecule has 1 aromatic rings. The molecule has 1 rings (SSSR count). The molecule has 0 aliphatic carbocycles. The summed E-state index contributed by atoms with van der Waals surface area (Å²) < 4.78 is 10.3. The minimum atomic E-state index is 0.483. The van der Waals surface area contributed by atoms with Gasteiger partial charge in [0.2, 0.25) is 0 Å². The lowest BCUT2D eigenvalue weighted by Gasteiger charge is -2.21. The Morgan fingerprint density at radius 1 is 1.20 bits per heavy atom. The van der Waals surface area contributed by atoms with Crippen LogP contribution in [-0.4, -0.2) is 38.8 Å². The van der Waals surface area contributed by atoms with Crippen LogP contribution in [-0.2, 0) is 11.3 Å². The third-order valence-electron chi connectivity index (χ3n) is 2.94. The molecule has 0 saturated heterocycles. The molecule has 0 aromatic heterocycles. The summed E-state index contributed by atoms with van der Waals surface area (Å²) in [6.07, 6.45) is 0.483. The zero-order valence-electron chi connectivity index (χ0n) is 11.9. The predicted molar refractivity (Wildman–Crippen MR) is 75.1 cm³/mol. The van der Waals surface area contributed by atoms with Crippen LogP contribution in [0.5, 0.6) is 5.75 Å². The first-order valence-corrected chi connectivity index (χ1v) is 6.40. The van der Waals surface area contributed by atoms with Crippen molar-refractivity contribution in [2.45, 2.75) is 13.0 Å². The quantitative estimate of drug-likeness (QED) is 0.724. The van der Waals surface area contributed by atoms with E-state index in [0.717, 1.165) is 12.1 Å². The normalized spacial score (nSPS) is 10.1. The highest BCUT2D eigenvalue weighted by atomic mass is 16.5. The van der Waals surface area contributed by atoms with Crippen molar-refractivity contribution in [1.82, 2.24) is 4.90 Å². The molecule has 0 aliphatic heterocycles. The summed E-state index contributed by atoms with van der Waals surface area (Å²) >= 11 is 0. The lowest BCUT2D eigenvalue weighted by atomic mass is 10.1. The highest BCUT2D eigenvalue weighted by Crippen LogP contribution is 2.20. The largest absolute Gasteiger partial charge is 0.495 e. The van der Waals surface area contributed by atoms with E-state index in [-0.39, 0.29) is 0 Å². The molecule has 106 valence electrons. The molecule has 5 heteroatoms. The van der Waals surface area contributed by atoms with Gasteiger partial charge in [-0.05, 0) is 17.7 Å². The fourth-order valence-electron chi connectivity index (χ4n) is 1.88. The first-order chi connectivity index (χ1) is 9.74. The molecule has 0 unspecified atom stereocenters. The van der Waals surface area contributed by atoms with Crippen LogP contribution in [0, 0.1) is 22.7 Å². The molecule has 5 nitrogen and oxygen atoms in total. The van der Waals surface area contributed by atoms with Crippen LogP contribution in [0.1, 0.15) is 17.5 Å². The van der Waals surface area contributed by atoms with Gasteiger partial charge in [0.05, 0.1) is 25.3 Å². The second-order valence-corrected chi connectivity index (χ2v) is 4.32. The van der Waals surface area contributed by atoms with E-state index in [2.05, 4.69) is 17.0 Å². The molecular formula is C15H19N3O2. The van der Waals surface area contributed by atoms with Crippen molar-refractivity contribution in [3.05, 3.63) is 29.3 Å². The monoisotopic (exact) mass is 273 g/mol. The molecule has 1 aromatic carbocycles. The number of benzene rings is 1. The van der Waals surface area contributed by atoms with E-state index in [1.54, 1.807) is 20.3 Å². The number of nitrogens with zero attached hydrogens (tertiary/aromatic N) is 3. The summed E-state index contributed by atoms with van der Waals surface area (Å²) in [7, 11) is 3.21. The summed E-state index contributed by atoms with van der Waals surface area (Å²) in [5.41, 5.74) is 1.58. The summed E-state index contributed by atoms with van der Waals surface area (Å²) in [4.78, 5) is 2.15. The molecule has 0 aliphatic rings. The van der Waals surface area contributed by atoms with Gasteiger partial charge in [0.1, 0.15) is 11.8 Å². The fraction of sp³-hybridized carbons (Fsp3) is 0.467. The Labute approximate surface area is 119 Å². The van der Waals surface area contributed by atoms with Crippen molar-refractivity contribution in [2.24, 2.45) is 0 Å². The Kier molecular flexibility index (Phi) is 7.13. The van der Waals surface area contributed by atoms with E-state index in [1.807, 2.05) is 12.1 Å². The van der Waals surface area contributed by atoms with E-state index in [0.29, 0.717) is 37.4 Å². The van der Waals surface area contributed by atoms with Crippen LogP contribution in [0.3, 0.4) is 0 Å². The smallest absolute Gasteiger partial charge is 0.136 e. The lowest BCUT2D eigenvalue weighted by Crippen LogP contribution is -2.28. The summed E-state index contributed by atoms with van der Waals surface area (Å²) in [5.74, 6) is 0.581. The Hall–Kier alpha value is -2.08. The highest BCUT2D eigenvalue weighted by molar-refractivity contribution is 5.45. The van der Waals surface area contributed by atoms with Crippen LogP contribution < -0.4 is 4.74 Å². The molecule has 0 bridgehead atoms. The van der Waals surface area contributed by atoms with Gasteiger partial charge >= 0.3 is 0 Å². The van der Waals surface area contributed by atoms with Gasteiger partial charge in [-0.15, -0.1) is 0 Å². The number of methoxy groups -OCH3 is 2. The number of ether oxygens (including phenoxy) is 2. The molecule has 0 heterocycles. The Balaban J connectivity index is 2.77. The zero-order valence-corrected chi connectivity index (χ0v) is 11.9. The minimum absolute atomic E-state index is 0.483. The van der Waals surface area contributed by atoms with E-state index < -0.39 is 0 Å². The Morgan fingerprint density at radius 3 is 2.60 bits per heavy atom. The maximum absolute atomic E-state index is 8.96. The molecule has 0 fully saturated rings. The Bertz CT molecular complexity index is 503. The second kappa shape index (κ2) is 8.92. The minimum Gasteiger partial charge on any atom is -0.495 e. The van der Waals surface area contributed by atoms with Crippen LogP contribution in [0.25, 0.3) is 0 Å².